The number of rotatable bonds is 7. The van der Waals surface area contributed by atoms with E-state index in [0.717, 1.165) is 18.5 Å². The Kier molecular flexibility index (Phi) is 5.25. The van der Waals surface area contributed by atoms with Crippen molar-refractivity contribution in [2.24, 2.45) is 0 Å². The molecule has 0 aliphatic carbocycles. The fraction of sp³-hybridized carbons (Fsp3) is 0.389. The van der Waals surface area contributed by atoms with Gasteiger partial charge in [0.25, 0.3) is 0 Å². The molecule has 1 fully saturated rings. The summed E-state index contributed by atoms with van der Waals surface area (Å²) in [6.45, 7) is 1.83. The molecule has 1 aliphatic rings. The predicted octanol–water partition coefficient (Wildman–Crippen LogP) is 1.75. The van der Waals surface area contributed by atoms with Crippen molar-refractivity contribution < 1.29 is 9.59 Å². The van der Waals surface area contributed by atoms with Gasteiger partial charge in [0.1, 0.15) is 0 Å². The van der Waals surface area contributed by atoms with E-state index in [1.807, 2.05) is 47.3 Å². The third-order valence-corrected chi connectivity index (χ3v) is 4.25. The SMILES string of the molecule is O=C(CCN1CCCC1=O)NC(Cn1cccn1)c1ccccc1. The van der Waals surface area contributed by atoms with Gasteiger partial charge in [-0.05, 0) is 18.1 Å². The van der Waals surface area contributed by atoms with Crippen molar-refractivity contribution in [3.8, 4) is 0 Å². The first-order valence-electron chi connectivity index (χ1n) is 8.32. The number of carbonyl (C=O) groups excluding carboxylic acids is 2. The molecule has 1 atom stereocenters. The average molecular weight is 326 g/mol. The van der Waals surface area contributed by atoms with Crippen molar-refractivity contribution in [3.05, 3.63) is 54.4 Å². The van der Waals surface area contributed by atoms with Crippen LogP contribution in [0.15, 0.2) is 48.8 Å². The lowest BCUT2D eigenvalue weighted by atomic mass is 10.1. The Morgan fingerprint density at radius 2 is 2.08 bits per heavy atom. The molecule has 1 aromatic heterocycles. The van der Waals surface area contributed by atoms with Crippen LogP contribution in [0.25, 0.3) is 0 Å². The van der Waals surface area contributed by atoms with Gasteiger partial charge in [0, 0.05) is 38.3 Å². The molecule has 1 saturated heterocycles. The highest BCUT2D eigenvalue weighted by Crippen LogP contribution is 2.15. The van der Waals surface area contributed by atoms with Crippen molar-refractivity contribution in [3.63, 3.8) is 0 Å². The molecule has 1 unspecified atom stereocenters. The molecule has 0 spiro atoms. The summed E-state index contributed by atoms with van der Waals surface area (Å²) in [6, 6.07) is 11.6. The van der Waals surface area contributed by atoms with Crippen LogP contribution in [0.1, 0.15) is 30.9 Å². The highest BCUT2D eigenvalue weighted by atomic mass is 16.2. The fourth-order valence-corrected chi connectivity index (χ4v) is 2.96. The van der Waals surface area contributed by atoms with Gasteiger partial charge in [0.2, 0.25) is 11.8 Å². The molecule has 1 N–H and O–H groups in total. The Morgan fingerprint density at radius 3 is 2.75 bits per heavy atom. The van der Waals surface area contributed by atoms with E-state index >= 15 is 0 Å². The summed E-state index contributed by atoms with van der Waals surface area (Å²) in [7, 11) is 0. The van der Waals surface area contributed by atoms with Gasteiger partial charge >= 0.3 is 0 Å². The summed E-state index contributed by atoms with van der Waals surface area (Å²) in [6.07, 6.45) is 5.43. The summed E-state index contributed by atoms with van der Waals surface area (Å²) in [5.74, 6) is 0.106. The maximum absolute atomic E-state index is 12.3. The summed E-state index contributed by atoms with van der Waals surface area (Å²) >= 11 is 0. The second-order valence-electron chi connectivity index (χ2n) is 5.99. The molecule has 2 amide bonds. The molecule has 0 bridgehead atoms. The van der Waals surface area contributed by atoms with Gasteiger partial charge in [0.15, 0.2) is 0 Å². The van der Waals surface area contributed by atoms with E-state index < -0.39 is 0 Å². The molecule has 0 radical (unpaired) electrons. The van der Waals surface area contributed by atoms with Gasteiger partial charge in [-0.3, -0.25) is 14.3 Å². The van der Waals surface area contributed by atoms with E-state index in [0.29, 0.717) is 25.9 Å². The van der Waals surface area contributed by atoms with Crippen molar-refractivity contribution >= 4 is 11.8 Å². The number of aromatic nitrogens is 2. The fourth-order valence-electron chi connectivity index (χ4n) is 2.96. The number of likely N-dealkylation sites (tertiary alicyclic amines) is 1. The molecular weight excluding hydrogens is 304 g/mol. The summed E-state index contributed by atoms with van der Waals surface area (Å²) in [5.41, 5.74) is 1.04. The average Bonchev–Trinajstić information content (AvgIpc) is 3.25. The van der Waals surface area contributed by atoms with Crippen LogP contribution >= 0.6 is 0 Å². The largest absolute Gasteiger partial charge is 0.347 e. The maximum Gasteiger partial charge on any atom is 0.222 e. The normalized spacial score (nSPS) is 15.5. The number of benzene rings is 1. The Morgan fingerprint density at radius 1 is 1.25 bits per heavy atom. The number of carbonyl (C=O) groups is 2. The minimum atomic E-state index is -0.145. The van der Waals surface area contributed by atoms with E-state index in [2.05, 4.69) is 10.4 Å². The Balaban J connectivity index is 1.60. The lowest BCUT2D eigenvalue weighted by molar-refractivity contribution is -0.128. The van der Waals surface area contributed by atoms with Crippen molar-refractivity contribution in [2.45, 2.75) is 31.8 Å². The molecule has 6 heteroatoms. The zero-order valence-corrected chi connectivity index (χ0v) is 13.6. The van der Waals surface area contributed by atoms with Gasteiger partial charge in [-0.2, -0.15) is 5.10 Å². The minimum absolute atomic E-state index is 0.0456. The molecule has 1 aliphatic heterocycles. The molecule has 126 valence electrons. The van der Waals surface area contributed by atoms with Crippen LogP contribution in [-0.2, 0) is 16.1 Å². The van der Waals surface area contributed by atoms with Crippen molar-refractivity contribution in [1.82, 2.24) is 20.0 Å². The van der Waals surface area contributed by atoms with Crippen LogP contribution in [-0.4, -0.2) is 39.6 Å². The second kappa shape index (κ2) is 7.77. The highest BCUT2D eigenvalue weighted by Gasteiger charge is 2.21. The topological polar surface area (TPSA) is 67.2 Å². The van der Waals surface area contributed by atoms with Crippen LogP contribution in [0.4, 0.5) is 0 Å². The van der Waals surface area contributed by atoms with Crippen molar-refractivity contribution in [1.29, 1.82) is 0 Å². The molecule has 6 nitrogen and oxygen atoms in total. The van der Waals surface area contributed by atoms with Gasteiger partial charge < -0.3 is 10.2 Å². The molecular formula is C18H22N4O2. The first-order chi connectivity index (χ1) is 11.7. The summed E-state index contributed by atoms with van der Waals surface area (Å²) < 4.78 is 1.81. The third-order valence-electron chi connectivity index (χ3n) is 4.25. The molecule has 0 saturated carbocycles. The molecule has 3 rings (SSSR count). The second-order valence-corrected chi connectivity index (χ2v) is 5.99. The third kappa shape index (κ3) is 4.22. The van der Waals surface area contributed by atoms with E-state index in [4.69, 9.17) is 0 Å². The molecule has 24 heavy (non-hydrogen) atoms. The van der Waals surface area contributed by atoms with E-state index in [1.54, 1.807) is 11.1 Å². The maximum atomic E-state index is 12.3. The standard InChI is InChI=1S/C18H22N4O2/c23-17(9-13-21-11-4-8-18(21)24)20-16(14-22-12-5-10-19-22)15-6-2-1-3-7-15/h1-3,5-7,10,12,16H,4,8-9,11,13-14H2,(H,20,23). The van der Waals surface area contributed by atoms with Crippen LogP contribution < -0.4 is 5.32 Å². The van der Waals surface area contributed by atoms with Crippen LogP contribution in [0.3, 0.4) is 0 Å². The molecule has 2 aromatic rings. The molecule has 2 heterocycles. The van der Waals surface area contributed by atoms with Gasteiger partial charge in [-0.15, -0.1) is 0 Å². The lowest BCUT2D eigenvalue weighted by Crippen LogP contribution is -2.35. The first kappa shape index (κ1) is 16.2. The smallest absolute Gasteiger partial charge is 0.222 e. The zero-order valence-electron chi connectivity index (χ0n) is 13.6. The van der Waals surface area contributed by atoms with E-state index in [-0.39, 0.29) is 17.9 Å². The minimum Gasteiger partial charge on any atom is -0.347 e. The molecule has 1 aromatic carbocycles. The van der Waals surface area contributed by atoms with Crippen molar-refractivity contribution in [2.75, 3.05) is 13.1 Å². The van der Waals surface area contributed by atoms with E-state index in [9.17, 15) is 9.59 Å². The first-order valence-corrected chi connectivity index (χ1v) is 8.32. The Labute approximate surface area is 141 Å². The van der Waals surface area contributed by atoms with Gasteiger partial charge in [-0.1, -0.05) is 30.3 Å². The zero-order chi connectivity index (χ0) is 16.8. The number of nitrogens with zero attached hydrogens (tertiary/aromatic N) is 3. The van der Waals surface area contributed by atoms with Crippen LogP contribution in [0.5, 0.6) is 0 Å². The van der Waals surface area contributed by atoms with Crippen LogP contribution in [0.2, 0.25) is 0 Å². The number of hydrogen-bond donors (Lipinski definition) is 1. The quantitative estimate of drug-likeness (QED) is 0.843. The predicted molar refractivity (Wildman–Crippen MR) is 90.0 cm³/mol. The van der Waals surface area contributed by atoms with E-state index in [1.165, 1.54) is 0 Å². The summed E-state index contributed by atoms with van der Waals surface area (Å²) in [5, 5.41) is 7.29. The summed E-state index contributed by atoms with van der Waals surface area (Å²) in [4.78, 5) is 25.7. The number of nitrogens with one attached hydrogen (secondary N) is 1. The van der Waals surface area contributed by atoms with Gasteiger partial charge in [0.05, 0.1) is 12.6 Å². The number of hydrogen-bond acceptors (Lipinski definition) is 3. The van der Waals surface area contributed by atoms with Crippen LogP contribution in [0, 0.1) is 0 Å². The van der Waals surface area contributed by atoms with Gasteiger partial charge in [-0.25, -0.2) is 0 Å². The Hall–Kier alpha value is -2.63. The number of amides is 2. The highest BCUT2D eigenvalue weighted by molar-refractivity contribution is 5.80. The Bertz CT molecular complexity index is 670. The monoisotopic (exact) mass is 326 g/mol. The lowest BCUT2D eigenvalue weighted by Gasteiger charge is -2.21.